The van der Waals surface area contributed by atoms with Gasteiger partial charge in [0.25, 0.3) is 0 Å². The SMILES string of the molecule is CC1CCC(CN)(CNCc2ccco2)CC1. The van der Waals surface area contributed by atoms with Crippen molar-refractivity contribution in [3.63, 3.8) is 0 Å². The number of nitrogens with two attached hydrogens (primary N) is 1. The first-order valence-corrected chi connectivity index (χ1v) is 6.67. The lowest BCUT2D eigenvalue weighted by Gasteiger charge is -2.38. The van der Waals surface area contributed by atoms with Crippen LogP contribution in [0.5, 0.6) is 0 Å². The van der Waals surface area contributed by atoms with Crippen molar-refractivity contribution in [1.29, 1.82) is 0 Å². The fourth-order valence-electron chi connectivity index (χ4n) is 2.69. The molecule has 2 rings (SSSR count). The molecule has 17 heavy (non-hydrogen) atoms. The van der Waals surface area contributed by atoms with Gasteiger partial charge < -0.3 is 15.5 Å². The number of hydrogen-bond acceptors (Lipinski definition) is 3. The molecule has 1 fully saturated rings. The van der Waals surface area contributed by atoms with Crippen LogP contribution >= 0.6 is 0 Å². The van der Waals surface area contributed by atoms with Gasteiger partial charge in [-0.3, -0.25) is 0 Å². The smallest absolute Gasteiger partial charge is 0.117 e. The van der Waals surface area contributed by atoms with E-state index in [2.05, 4.69) is 12.2 Å². The van der Waals surface area contributed by atoms with Crippen molar-refractivity contribution in [2.24, 2.45) is 17.1 Å². The molecule has 0 aliphatic heterocycles. The topological polar surface area (TPSA) is 51.2 Å². The standard InChI is InChI=1S/C14H24N2O/c1-12-4-6-14(10-15,7-5-12)11-16-9-13-3-2-8-17-13/h2-3,8,12,16H,4-7,9-11,15H2,1H3. The summed E-state index contributed by atoms with van der Waals surface area (Å²) in [6.45, 7) is 4.96. The monoisotopic (exact) mass is 236 g/mol. The minimum Gasteiger partial charge on any atom is -0.468 e. The van der Waals surface area contributed by atoms with E-state index in [1.165, 1.54) is 25.7 Å². The highest BCUT2D eigenvalue weighted by molar-refractivity contribution is 4.98. The Labute approximate surface area is 104 Å². The zero-order valence-electron chi connectivity index (χ0n) is 10.7. The summed E-state index contributed by atoms with van der Waals surface area (Å²) in [5.74, 6) is 1.88. The molecular formula is C14H24N2O. The van der Waals surface area contributed by atoms with Crippen molar-refractivity contribution in [3.05, 3.63) is 24.2 Å². The van der Waals surface area contributed by atoms with Gasteiger partial charge in [0.05, 0.1) is 12.8 Å². The molecule has 0 radical (unpaired) electrons. The molecule has 0 atom stereocenters. The number of rotatable bonds is 5. The van der Waals surface area contributed by atoms with Crippen molar-refractivity contribution < 1.29 is 4.42 Å². The maximum Gasteiger partial charge on any atom is 0.117 e. The first-order valence-electron chi connectivity index (χ1n) is 6.67. The second kappa shape index (κ2) is 5.69. The molecular weight excluding hydrogens is 212 g/mol. The molecule has 3 heteroatoms. The first kappa shape index (κ1) is 12.7. The van der Waals surface area contributed by atoms with Crippen LogP contribution in [0.2, 0.25) is 0 Å². The first-order chi connectivity index (χ1) is 8.24. The van der Waals surface area contributed by atoms with Crippen LogP contribution in [0, 0.1) is 11.3 Å². The Morgan fingerprint density at radius 1 is 1.47 bits per heavy atom. The van der Waals surface area contributed by atoms with Gasteiger partial charge in [-0.1, -0.05) is 19.8 Å². The molecule has 96 valence electrons. The van der Waals surface area contributed by atoms with Crippen LogP contribution in [0.1, 0.15) is 38.4 Å². The van der Waals surface area contributed by atoms with Gasteiger partial charge in [-0.2, -0.15) is 0 Å². The predicted molar refractivity (Wildman–Crippen MR) is 69.5 cm³/mol. The summed E-state index contributed by atoms with van der Waals surface area (Å²) < 4.78 is 5.31. The van der Waals surface area contributed by atoms with Gasteiger partial charge in [0.1, 0.15) is 5.76 Å². The summed E-state index contributed by atoms with van der Waals surface area (Å²) in [4.78, 5) is 0. The lowest BCUT2D eigenvalue weighted by atomic mass is 9.71. The second-order valence-electron chi connectivity index (χ2n) is 5.57. The number of furan rings is 1. The van der Waals surface area contributed by atoms with E-state index in [0.29, 0.717) is 5.41 Å². The molecule has 0 bridgehead atoms. The van der Waals surface area contributed by atoms with E-state index < -0.39 is 0 Å². The van der Waals surface area contributed by atoms with Crippen LogP contribution < -0.4 is 11.1 Å². The van der Waals surface area contributed by atoms with Gasteiger partial charge in [0.15, 0.2) is 0 Å². The Bertz CT molecular complexity index is 313. The highest BCUT2D eigenvalue weighted by Gasteiger charge is 2.32. The molecule has 1 aliphatic rings. The minimum absolute atomic E-state index is 0.319. The average Bonchev–Trinajstić information content (AvgIpc) is 2.85. The van der Waals surface area contributed by atoms with E-state index in [0.717, 1.165) is 31.3 Å². The zero-order valence-corrected chi connectivity index (χ0v) is 10.7. The average molecular weight is 236 g/mol. The van der Waals surface area contributed by atoms with Gasteiger partial charge in [-0.15, -0.1) is 0 Å². The summed E-state index contributed by atoms with van der Waals surface area (Å²) in [5, 5.41) is 3.49. The summed E-state index contributed by atoms with van der Waals surface area (Å²) in [6.07, 6.45) is 6.88. The van der Waals surface area contributed by atoms with Crippen molar-refractivity contribution in [2.45, 2.75) is 39.2 Å². The molecule has 0 spiro atoms. The molecule has 0 saturated heterocycles. The van der Waals surface area contributed by atoms with Crippen molar-refractivity contribution >= 4 is 0 Å². The van der Waals surface area contributed by atoms with Crippen LogP contribution in [-0.2, 0) is 6.54 Å². The summed E-state index contributed by atoms with van der Waals surface area (Å²) in [6, 6.07) is 3.93. The predicted octanol–water partition coefficient (Wildman–Crippen LogP) is 2.52. The molecule has 0 unspecified atom stereocenters. The van der Waals surface area contributed by atoms with Gasteiger partial charge >= 0.3 is 0 Å². The van der Waals surface area contributed by atoms with Crippen LogP contribution in [-0.4, -0.2) is 13.1 Å². The summed E-state index contributed by atoms with van der Waals surface area (Å²) in [7, 11) is 0. The van der Waals surface area contributed by atoms with Crippen molar-refractivity contribution in [2.75, 3.05) is 13.1 Å². The minimum atomic E-state index is 0.319. The van der Waals surface area contributed by atoms with Gasteiger partial charge in [-0.25, -0.2) is 0 Å². The van der Waals surface area contributed by atoms with Crippen LogP contribution in [0.25, 0.3) is 0 Å². The molecule has 1 aliphatic carbocycles. The quantitative estimate of drug-likeness (QED) is 0.826. The molecule has 0 aromatic carbocycles. The largest absolute Gasteiger partial charge is 0.468 e. The van der Waals surface area contributed by atoms with Gasteiger partial charge in [-0.05, 0) is 42.9 Å². The maximum atomic E-state index is 5.98. The molecule has 0 amide bonds. The Morgan fingerprint density at radius 3 is 2.82 bits per heavy atom. The van der Waals surface area contributed by atoms with E-state index in [1.54, 1.807) is 6.26 Å². The molecule has 3 N–H and O–H groups in total. The van der Waals surface area contributed by atoms with E-state index in [9.17, 15) is 0 Å². The van der Waals surface area contributed by atoms with E-state index in [4.69, 9.17) is 10.2 Å². The Balaban J connectivity index is 1.79. The third-order valence-corrected chi connectivity index (χ3v) is 4.15. The highest BCUT2D eigenvalue weighted by atomic mass is 16.3. The number of hydrogen-bond donors (Lipinski definition) is 2. The van der Waals surface area contributed by atoms with E-state index in [1.807, 2.05) is 12.1 Å². The van der Waals surface area contributed by atoms with Crippen molar-refractivity contribution in [1.82, 2.24) is 5.32 Å². The lowest BCUT2D eigenvalue weighted by Crippen LogP contribution is -2.42. The maximum absolute atomic E-state index is 5.98. The van der Waals surface area contributed by atoms with Crippen LogP contribution in [0.4, 0.5) is 0 Å². The van der Waals surface area contributed by atoms with Gasteiger partial charge in [0.2, 0.25) is 0 Å². The second-order valence-corrected chi connectivity index (χ2v) is 5.57. The van der Waals surface area contributed by atoms with E-state index >= 15 is 0 Å². The highest BCUT2D eigenvalue weighted by Crippen LogP contribution is 2.37. The lowest BCUT2D eigenvalue weighted by molar-refractivity contribution is 0.158. The fraction of sp³-hybridized carbons (Fsp3) is 0.714. The fourth-order valence-corrected chi connectivity index (χ4v) is 2.69. The van der Waals surface area contributed by atoms with Crippen molar-refractivity contribution in [3.8, 4) is 0 Å². The van der Waals surface area contributed by atoms with Crippen LogP contribution in [0.15, 0.2) is 22.8 Å². The van der Waals surface area contributed by atoms with Crippen LogP contribution in [0.3, 0.4) is 0 Å². The normalized spacial score (nSPS) is 29.4. The Kier molecular flexibility index (Phi) is 4.24. The zero-order chi connectivity index (χ0) is 12.1. The van der Waals surface area contributed by atoms with E-state index in [-0.39, 0.29) is 0 Å². The number of nitrogens with one attached hydrogen (secondary N) is 1. The summed E-state index contributed by atoms with van der Waals surface area (Å²) in [5.41, 5.74) is 6.30. The molecule has 1 aromatic rings. The Morgan fingerprint density at radius 2 is 2.24 bits per heavy atom. The molecule has 1 saturated carbocycles. The van der Waals surface area contributed by atoms with Gasteiger partial charge in [0, 0.05) is 6.54 Å². The molecule has 1 heterocycles. The molecule has 1 aromatic heterocycles. The third kappa shape index (κ3) is 3.33. The third-order valence-electron chi connectivity index (χ3n) is 4.15. The Hall–Kier alpha value is -0.800. The summed E-state index contributed by atoms with van der Waals surface area (Å²) >= 11 is 0. The molecule has 3 nitrogen and oxygen atoms in total.